The number of halogens is 1. The lowest BCUT2D eigenvalue weighted by Gasteiger charge is -2.06. The number of anilines is 1. The average Bonchev–Trinajstić information content (AvgIpc) is 2.17. The van der Waals surface area contributed by atoms with Crippen molar-refractivity contribution >= 4 is 42.4 Å². The fourth-order valence-corrected chi connectivity index (χ4v) is 2.65. The summed E-state index contributed by atoms with van der Waals surface area (Å²) in [5, 5.41) is 0.636. The lowest BCUT2D eigenvalue weighted by Crippen LogP contribution is -2.01. The van der Waals surface area contributed by atoms with Crippen LogP contribution in [0.5, 0.6) is 0 Å². The van der Waals surface area contributed by atoms with Crippen molar-refractivity contribution in [2.75, 3.05) is 12.0 Å². The van der Waals surface area contributed by atoms with Crippen molar-refractivity contribution in [1.29, 1.82) is 0 Å². The number of nitrogens with zero attached hydrogens (tertiary/aromatic N) is 1. The van der Waals surface area contributed by atoms with Gasteiger partial charge in [0.05, 0.1) is 10.4 Å². The number of benzene rings is 1. The molecule has 2 rings (SSSR count). The van der Waals surface area contributed by atoms with Crippen LogP contribution in [0.1, 0.15) is 0 Å². The van der Waals surface area contributed by atoms with Crippen molar-refractivity contribution in [2.45, 2.75) is 4.90 Å². The third-order valence-corrected chi connectivity index (χ3v) is 3.77. The van der Waals surface area contributed by atoms with Gasteiger partial charge in [0.15, 0.2) is 9.84 Å². The molecule has 0 fully saturated rings. The summed E-state index contributed by atoms with van der Waals surface area (Å²) in [6.45, 7) is 0. The summed E-state index contributed by atoms with van der Waals surface area (Å²) in [6, 6.07) is 4.81. The molecular weight excluding hydrogens is 292 g/mol. The molecule has 84 valence electrons. The van der Waals surface area contributed by atoms with E-state index in [1.807, 2.05) is 0 Å². The van der Waals surface area contributed by atoms with Gasteiger partial charge in [-0.3, -0.25) is 4.98 Å². The molecular formula is C10H9BrN2O2S. The summed E-state index contributed by atoms with van der Waals surface area (Å²) in [6.07, 6.45) is 2.71. The Bertz CT molecular complexity index is 668. The second-order valence-corrected chi connectivity index (χ2v) is 6.37. The fraction of sp³-hybridized carbons (Fsp3) is 0.100. The molecule has 0 spiro atoms. The SMILES string of the molecule is CS(=O)(=O)c1ccc(N)c2cc(Br)cnc12. The summed E-state index contributed by atoms with van der Waals surface area (Å²) in [5.41, 5.74) is 6.70. The first-order valence-corrected chi connectivity index (χ1v) is 7.12. The van der Waals surface area contributed by atoms with Crippen LogP contribution in [0, 0.1) is 0 Å². The molecule has 0 radical (unpaired) electrons. The molecule has 1 aromatic heterocycles. The molecule has 0 unspecified atom stereocenters. The molecule has 0 atom stereocenters. The van der Waals surface area contributed by atoms with Crippen LogP contribution in [0.25, 0.3) is 10.9 Å². The van der Waals surface area contributed by atoms with E-state index in [2.05, 4.69) is 20.9 Å². The van der Waals surface area contributed by atoms with Gasteiger partial charge in [-0.15, -0.1) is 0 Å². The Labute approximate surface area is 102 Å². The zero-order valence-corrected chi connectivity index (χ0v) is 10.8. The molecule has 2 aromatic rings. The van der Waals surface area contributed by atoms with Gasteiger partial charge in [-0.1, -0.05) is 0 Å². The van der Waals surface area contributed by atoms with Gasteiger partial charge in [-0.05, 0) is 34.1 Å². The summed E-state index contributed by atoms with van der Waals surface area (Å²) < 4.78 is 23.9. The average molecular weight is 301 g/mol. The molecule has 2 N–H and O–H groups in total. The molecule has 1 heterocycles. The number of fused-ring (bicyclic) bond motifs is 1. The smallest absolute Gasteiger partial charge is 0.177 e. The maximum absolute atomic E-state index is 11.6. The predicted octanol–water partition coefficient (Wildman–Crippen LogP) is 1.98. The van der Waals surface area contributed by atoms with Crippen molar-refractivity contribution in [1.82, 2.24) is 4.98 Å². The molecule has 4 nitrogen and oxygen atoms in total. The van der Waals surface area contributed by atoms with Gasteiger partial charge in [0.1, 0.15) is 0 Å². The first-order chi connectivity index (χ1) is 7.39. The molecule has 0 aliphatic heterocycles. The van der Waals surface area contributed by atoms with Crippen molar-refractivity contribution in [2.24, 2.45) is 0 Å². The van der Waals surface area contributed by atoms with E-state index in [4.69, 9.17) is 5.73 Å². The van der Waals surface area contributed by atoms with Crippen LogP contribution in [-0.4, -0.2) is 19.7 Å². The van der Waals surface area contributed by atoms with Gasteiger partial charge in [-0.25, -0.2) is 8.42 Å². The maximum atomic E-state index is 11.6. The maximum Gasteiger partial charge on any atom is 0.177 e. The van der Waals surface area contributed by atoms with E-state index in [-0.39, 0.29) is 4.90 Å². The zero-order valence-electron chi connectivity index (χ0n) is 8.44. The van der Waals surface area contributed by atoms with Crippen LogP contribution in [-0.2, 0) is 9.84 Å². The van der Waals surface area contributed by atoms with Gasteiger partial charge >= 0.3 is 0 Å². The topological polar surface area (TPSA) is 73.0 Å². The predicted molar refractivity (Wildman–Crippen MR) is 67.0 cm³/mol. The minimum Gasteiger partial charge on any atom is -0.398 e. The number of nitrogens with two attached hydrogens (primary N) is 1. The van der Waals surface area contributed by atoms with E-state index in [0.717, 1.165) is 10.7 Å². The summed E-state index contributed by atoms with van der Waals surface area (Å²) in [5.74, 6) is 0. The molecule has 0 amide bonds. The second-order valence-electron chi connectivity index (χ2n) is 3.47. The Kier molecular flexibility index (Phi) is 2.63. The van der Waals surface area contributed by atoms with E-state index in [9.17, 15) is 8.42 Å². The van der Waals surface area contributed by atoms with Crippen LogP contribution in [0.3, 0.4) is 0 Å². The molecule has 0 bridgehead atoms. The van der Waals surface area contributed by atoms with Crippen LogP contribution in [0.4, 0.5) is 5.69 Å². The van der Waals surface area contributed by atoms with Gasteiger partial charge in [0, 0.05) is 28.0 Å². The standard InChI is InChI=1S/C10H9BrN2O2S/c1-16(14,15)9-3-2-8(12)7-4-6(11)5-13-10(7)9/h2-5H,12H2,1H3. The van der Waals surface area contributed by atoms with Crippen molar-refractivity contribution in [3.8, 4) is 0 Å². The summed E-state index contributed by atoms with van der Waals surface area (Å²) in [4.78, 5) is 4.30. The molecule has 16 heavy (non-hydrogen) atoms. The number of nitrogen functional groups attached to an aromatic ring is 1. The highest BCUT2D eigenvalue weighted by Crippen LogP contribution is 2.28. The number of sulfone groups is 1. The third kappa shape index (κ3) is 1.90. The third-order valence-electron chi connectivity index (χ3n) is 2.21. The molecule has 1 aromatic carbocycles. The Hall–Kier alpha value is -1.14. The molecule has 6 heteroatoms. The Morgan fingerprint density at radius 2 is 2.06 bits per heavy atom. The van der Waals surface area contributed by atoms with Crippen molar-refractivity contribution in [3.05, 3.63) is 28.9 Å². The van der Waals surface area contributed by atoms with Crippen molar-refractivity contribution in [3.63, 3.8) is 0 Å². The highest BCUT2D eigenvalue weighted by molar-refractivity contribution is 9.10. The quantitative estimate of drug-likeness (QED) is 0.817. The largest absolute Gasteiger partial charge is 0.398 e. The molecule has 0 aliphatic carbocycles. The van der Waals surface area contributed by atoms with E-state index >= 15 is 0 Å². The zero-order chi connectivity index (χ0) is 11.9. The van der Waals surface area contributed by atoms with E-state index < -0.39 is 9.84 Å². The van der Waals surface area contributed by atoms with Crippen LogP contribution in [0.2, 0.25) is 0 Å². The molecule has 0 saturated heterocycles. The summed E-state index contributed by atoms with van der Waals surface area (Å²) >= 11 is 3.27. The lowest BCUT2D eigenvalue weighted by atomic mass is 10.2. The number of hydrogen-bond acceptors (Lipinski definition) is 4. The van der Waals surface area contributed by atoms with E-state index in [1.54, 1.807) is 18.3 Å². The second kappa shape index (κ2) is 3.71. The number of pyridine rings is 1. The van der Waals surface area contributed by atoms with E-state index in [0.29, 0.717) is 16.6 Å². The van der Waals surface area contributed by atoms with Crippen LogP contribution >= 0.6 is 15.9 Å². The normalized spacial score (nSPS) is 11.9. The van der Waals surface area contributed by atoms with Crippen molar-refractivity contribution < 1.29 is 8.42 Å². The van der Waals surface area contributed by atoms with Gasteiger partial charge in [-0.2, -0.15) is 0 Å². The first-order valence-electron chi connectivity index (χ1n) is 4.43. The Morgan fingerprint density at radius 1 is 1.38 bits per heavy atom. The minimum absolute atomic E-state index is 0.198. The number of aromatic nitrogens is 1. The number of rotatable bonds is 1. The minimum atomic E-state index is -3.29. The highest BCUT2D eigenvalue weighted by Gasteiger charge is 2.14. The monoisotopic (exact) mass is 300 g/mol. The Balaban J connectivity index is 2.96. The van der Waals surface area contributed by atoms with Crippen LogP contribution < -0.4 is 5.73 Å². The molecule has 0 saturated carbocycles. The van der Waals surface area contributed by atoms with Gasteiger partial charge in [0.25, 0.3) is 0 Å². The van der Waals surface area contributed by atoms with Gasteiger partial charge in [0.2, 0.25) is 0 Å². The Morgan fingerprint density at radius 3 is 2.69 bits per heavy atom. The highest BCUT2D eigenvalue weighted by atomic mass is 79.9. The van der Waals surface area contributed by atoms with Gasteiger partial charge < -0.3 is 5.73 Å². The summed E-state index contributed by atoms with van der Waals surface area (Å²) in [7, 11) is -3.29. The van der Waals surface area contributed by atoms with E-state index in [1.165, 1.54) is 6.07 Å². The lowest BCUT2D eigenvalue weighted by molar-refractivity contribution is 0.602. The molecule has 0 aliphatic rings. The van der Waals surface area contributed by atoms with Crippen LogP contribution in [0.15, 0.2) is 33.8 Å². The fourth-order valence-electron chi connectivity index (χ4n) is 1.49. The first kappa shape index (κ1) is 11.3. The number of hydrogen-bond donors (Lipinski definition) is 1.